The van der Waals surface area contributed by atoms with Gasteiger partial charge in [0.25, 0.3) is 0 Å². The number of fused-ring (bicyclic) bond motifs is 1. The van der Waals surface area contributed by atoms with E-state index in [-0.39, 0.29) is 0 Å². The highest BCUT2D eigenvalue weighted by molar-refractivity contribution is 5.80. The third kappa shape index (κ3) is 1.95. The van der Waals surface area contributed by atoms with Gasteiger partial charge in [0.05, 0.1) is 5.52 Å². The van der Waals surface area contributed by atoms with Crippen molar-refractivity contribution >= 4 is 10.9 Å². The molecule has 2 aromatic rings. The Labute approximate surface area is 97.5 Å². The maximum absolute atomic E-state index is 4.42. The van der Waals surface area contributed by atoms with Gasteiger partial charge in [-0.2, -0.15) is 0 Å². The summed E-state index contributed by atoms with van der Waals surface area (Å²) in [5.41, 5.74) is 4.05. The number of pyridine rings is 1. The Morgan fingerprint density at radius 1 is 1.25 bits per heavy atom. The summed E-state index contributed by atoms with van der Waals surface area (Å²) in [4.78, 5) is 4.42. The third-order valence-corrected chi connectivity index (χ3v) is 3.39. The first-order valence-electron chi connectivity index (χ1n) is 6.13. The van der Waals surface area contributed by atoms with Crippen LogP contribution in [0, 0.1) is 0 Å². The normalized spacial score (nSPS) is 12.9. The van der Waals surface area contributed by atoms with Gasteiger partial charge in [-0.15, -0.1) is 0 Å². The van der Waals surface area contributed by atoms with Gasteiger partial charge in [0.15, 0.2) is 0 Å². The second-order valence-electron chi connectivity index (χ2n) is 4.41. The molecule has 0 radical (unpaired) electrons. The monoisotopic (exact) mass is 213 g/mol. The van der Waals surface area contributed by atoms with Crippen LogP contribution in [0.2, 0.25) is 0 Å². The van der Waals surface area contributed by atoms with Gasteiger partial charge in [0.2, 0.25) is 0 Å². The first-order chi connectivity index (χ1) is 7.76. The average Bonchev–Trinajstić information content (AvgIpc) is 2.36. The predicted molar refractivity (Wildman–Crippen MR) is 69.8 cm³/mol. The first kappa shape index (κ1) is 11.1. The summed E-state index contributed by atoms with van der Waals surface area (Å²) in [6.07, 6.45) is 4.15. The molecule has 1 heteroatoms. The number of aromatic nitrogens is 1. The maximum atomic E-state index is 4.42. The molecular weight excluding hydrogens is 194 g/mol. The van der Waals surface area contributed by atoms with Crippen molar-refractivity contribution < 1.29 is 0 Å². The van der Waals surface area contributed by atoms with Crippen molar-refractivity contribution in [1.29, 1.82) is 0 Å². The van der Waals surface area contributed by atoms with Crippen molar-refractivity contribution in [1.82, 2.24) is 4.98 Å². The molecule has 2 rings (SSSR count). The smallest absolute Gasteiger partial charge is 0.0704 e. The number of nitrogens with zero attached hydrogens (tertiary/aromatic N) is 1. The van der Waals surface area contributed by atoms with E-state index in [9.17, 15) is 0 Å². The van der Waals surface area contributed by atoms with E-state index in [1.54, 1.807) is 0 Å². The quantitative estimate of drug-likeness (QED) is 0.740. The van der Waals surface area contributed by atoms with Gasteiger partial charge in [-0.25, -0.2) is 0 Å². The van der Waals surface area contributed by atoms with Gasteiger partial charge in [-0.1, -0.05) is 26.8 Å². The topological polar surface area (TPSA) is 12.9 Å². The SMILES string of the molecule is CCc1cc2ncccc2cc1C(C)CC. The Kier molecular flexibility index (Phi) is 3.23. The van der Waals surface area contributed by atoms with E-state index >= 15 is 0 Å². The molecule has 0 bridgehead atoms. The first-order valence-corrected chi connectivity index (χ1v) is 6.13. The lowest BCUT2D eigenvalue weighted by Crippen LogP contribution is -1.98. The lowest BCUT2D eigenvalue weighted by Gasteiger charge is -2.15. The van der Waals surface area contributed by atoms with Crippen LogP contribution in [0.5, 0.6) is 0 Å². The second kappa shape index (κ2) is 4.65. The van der Waals surface area contributed by atoms with Gasteiger partial charge in [0, 0.05) is 11.6 Å². The molecule has 0 amide bonds. The summed E-state index contributed by atoms with van der Waals surface area (Å²) in [7, 11) is 0. The van der Waals surface area contributed by atoms with Crippen LogP contribution in [0.25, 0.3) is 10.9 Å². The van der Waals surface area contributed by atoms with Crippen molar-refractivity contribution in [2.45, 2.75) is 39.5 Å². The van der Waals surface area contributed by atoms with Crippen LogP contribution in [0.15, 0.2) is 30.5 Å². The lowest BCUT2D eigenvalue weighted by atomic mass is 9.91. The summed E-state index contributed by atoms with van der Waals surface area (Å²) in [6.45, 7) is 6.77. The zero-order valence-electron chi connectivity index (χ0n) is 10.3. The largest absolute Gasteiger partial charge is 0.256 e. The van der Waals surface area contributed by atoms with Crippen molar-refractivity contribution in [3.8, 4) is 0 Å². The highest BCUT2D eigenvalue weighted by Gasteiger charge is 2.09. The molecule has 1 nitrogen and oxygen atoms in total. The van der Waals surface area contributed by atoms with E-state index in [1.807, 2.05) is 12.3 Å². The number of hydrogen-bond acceptors (Lipinski definition) is 1. The summed E-state index contributed by atoms with van der Waals surface area (Å²) in [5, 5.41) is 1.26. The summed E-state index contributed by atoms with van der Waals surface area (Å²) in [6, 6.07) is 8.72. The van der Waals surface area contributed by atoms with E-state index in [0.717, 1.165) is 11.9 Å². The Bertz CT molecular complexity index is 488. The van der Waals surface area contributed by atoms with Gasteiger partial charge in [-0.3, -0.25) is 4.98 Å². The lowest BCUT2D eigenvalue weighted by molar-refractivity contribution is 0.724. The van der Waals surface area contributed by atoms with E-state index in [2.05, 4.69) is 44.0 Å². The van der Waals surface area contributed by atoms with Gasteiger partial charge in [0.1, 0.15) is 0 Å². The van der Waals surface area contributed by atoms with Gasteiger partial charge < -0.3 is 0 Å². The molecule has 1 unspecified atom stereocenters. The van der Waals surface area contributed by atoms with Crippen molar-refractivity contribution in [2.24, 2.45) is 0 Å². The highest BCUT2D eigenvalue weighted by Crippen LogP contribution is 2.27. The Balaban J connectivity index is 2.62. The van der Waals surface area contributed by atoms with Crippen molar-refractivity contribution in [3.05, 3.63) is 41.6 Å². The molecule has 0 aliphatic heterocycles. The molecule has 0 saturated heterocycles. The molecule has 0 aliphatic carbocycles. The minimum absolute atomic E-state index is 0.638. The minimum atomic E-state index is 0.638. The van der Waals surface area contributed by atoms with E-state index in [4.69, 9.17) is 0 Å². The molecule has 0 spiro atoms. The molecular formula is C15H19N. The molecule has 1 atom stereocenters. The standard InChI is InChI=1S/C15H19N/c1-4-11(3)14-9-13-7-6-8-16-15(13)10-12(14)5-2/h6-11H,4-5H2,1-3H3. The summed E-state index contributed by atoms with van der Waals surface area (Å²) in [5.74, 6) is 0.638. The molecule has 0 N–H and O–H groups in total. The zero-order chi connectivity index (χ0) is 11.5. The predicted octanol–water partition coefficient (Wildman–Crippen LogP) is 4.31. The number of hydrogen-bond donors (Lipinski definition) is 0. The zero-order valence-corrected chi connectivity index (χ0v) is 10.3. The minimum Gasteiger partial charge on any atom is -0.256 e. The van der Waals surface area contributed by atoms with Crippen LogP contribution in [-0.2, 0) is 6.42 Å². The van der Waals surface area contributed by atoms with E-state index < -0.39 is 0 Å². The molecule has 1 heterocycles. The molecule has 16 heavy (non-hydrogen) atoms. The number of rotatable bonds is 3. The van der Waals surface area contributed by atoms with Crippen LogP contribution >= 0.6 is 0 Å². The number of aryl methyl sites for hydroxylation is 1. The van der Waals surface area contributed by atoms with Crippen LogP contribution in [0.3, 0.4) is 0 Å². The molecule has 84 valence electrons. The van der Waals surface area contributed by atoms with Gasteiger partial charge in [-0.05, 0) is 48.1 Å². The van der Waals surface area contributed by atoms with Crippen molar-refractivity contribution in [3.63, 3.8) is 0 Å². The Hall–Kier alpha value is -1.37. The Morgan fingerprint density at radius 2 is 2.06 bits per heavy atom. The van der Waals surface area contributed by atoms with Crippen molar-refractivity contribution in [2.75, 3.05) is 0 Å². The van der Waals surface area contributed by atoms with Crippen LogP contribution in [-0.4, -0.2) is 4.98 Å². The molecule has 1 aromatic carbocycles. The fraction of sp³-hybridized carbons (Fsp3) is 0.400. The Morgan fingerprint density at radius 3 is 2.75 bits per heavy atom. The molecule has 0 saturated carbocycles. The summed E-state index contributed by atoms with van der Waals surface area (Å²) < 4.78 is 0. The second-order valence-corrected chi connectivity index (χ2v) is 4.41. The fourth-order valence-electron chi connectivity index (χ4n) is 2.17. The third-order valence-electron chi connectivity index (χ3n) is 3.39. The fourth-order valence-corrected chi connectivity index (χ4v) is 2.17. The maximum Gasteiger partial charge on any atom is 0.0704 e. The van der Waals surface area contributed by atoms with Crippen LogP contribution in [0.4, 0.5) is 0 Å². The highest BCUT2D eigenvalue weighted by atomic mass is 14.6. The van der Waals surface area contributed by atoms with Gasteiger partial charge >= 0.3 is 0 Å². The summed E-state index contributed by atoms with van der Waals surface area (Å²) >= 11 is 0. The van der Waals surface area contributed by atoms with E-state index in [0.29, 0.717) is 5.92 Å². The van der Waals surface area contributed by atoms with Crippen LogP contribution < -0.4 is 0 Å². The molecule has 1 aromatic heterocycles. The molecule has 0 aliphatic rings. The van der Waals surface area contributed by atoms with Crippen LogP contribution in [0.1, 0.15) is 44.2 Å². The molecule has 0 fully saturated rings. The number of benzene rings is 1. The average molecular weight is 213 g/mol. The van der Waals surface area contributed by atoms with E-state index in [1.165, 1.54) is 22.9 Å².